The maximum atomic E-state index is 12.3. The molecule has 0 saturated carbocycles. The molecular formula is C21H27N3O4. The molecule has 7 nitrogen and oxygen atoms in total. The smallest absolute Gasteiger partial charge is 0.313 e. The fourth-order valence-corrected chi connectivity index (χ4v) is 2.72. The zero-order chi connectivity index (χ0) is 21.1. The van der Waals surface area contributed by atoms with E-state index < -0.39 is 17.3 Å². The monoisotopic (exact) mass is 385 g/mol. The third-order valence-corrected chi connectivity index (χ3v) is 4.46. The number of H-pyrrole nitrogens is 1. The van der Waals surface area contributed by atoms with Crippen molar-refractivity contribution < 1.29 is 19.1 Å². The largest absolute Gasteiger partial charge is 0.457 e. The average molecular weight is 385 g/mol. The number of aromatic amines is 1. The summed E-state index contributed by atoms with van der Waals surface area (Å²) < 4.78 is 5.19. The lowest BCUT2D eigenvalue weighted by Gasteiger charge is -2.17. The molecule has 2 N–H and O–H groups in total. The van der Waals surface area contributed by atoms with Crippen molar-refractivity contribution in [2.24, 2.45) is 5.41 Å². The van der Waals surface area contributed by atoms with Gasteiger partial charge in [-0.25, -0.2) is 0 Å². The summed E-state index contributed by atoms with van der Waals surface area (Å²) in [6.45, 7) is 10.5. The molecule has 1 amide bonds. The molecule has 0 saturated heterocycles. The number of nitrogens with zero attached hydrogens (tertiary/aromatic N) is 1. The fourth-order valence-electron chi connectivity index (χ4n) is 2.72. The van der Waals surface area contributed by atoms with Gasteiger partial charge in [0.15, 0.2) is 12.4 Å². The van der Waals surface area contributed by atoms with Gasteiger partial charge in [-0.15, -0.1) is 0 Å². The van der Waals surface area contributed by atoms with E-state index in [1.807, 2.05) is 34.6 Å². The maximum absolute atomic E-state index is 12.3. The van der Waals surface area contributed by atoms with Crippen LogP contribution in [0.5, 0.6) is 0 Å². The predicted molar refractivity (Wildman–Crippen MR) is 106 cm³/mol. The number of hydrogen-bond acceptors (Lipinski definition) is 5. The molecule has 2 aromatic rings. The summed E-state index contributed by atoms with van der Waals surface area (Å²) in [5.41, 5.74) is 2.84. The van der Waals surface area contributed by atoms with Crippen molar-refractivity contribution in [1.82, 2.24) is 10.2 Å². The Bertz CT molecular complexity index is 857. The molecule has 150 valence electrons. The highest BCUT2D eigenvalue weighted by Gasteiger charge is 2.24. The summed E-state index contributed by atoms with van der Waals surface area (Å²) in [7, 11) is 0. The van der Waals surface area contributed by atoms with Gasteiger partial charge in [-0.1, -0.05) is 20.8 Å². The molecule has 1 aromatic carbocycles. The lowest BCUT2D eigenvalue weighted by atomic mass is 9.95. The number of nitrogens with one attached hydrogen (secondary N) is 2. The van der Waals surface area contributed by atoms with Crippen LogP contribution in [0.15, 0.2) is 24.3 Å². The van der Waals surface area contributed by atoms with Crippen LogP contribution in [0, 0.1) is 19.3 Å². The molecule has 0 spiro atoms. The van der Waals surface area contributed by atoms with Gasteiger partial charge >= 0.3 is 5.97 Å². The van der Waals surface area contributed by atoms with Crippen LogP contribution in [0.1, 0.15) is 60.9 Å². The van der Waals surface area contributed by atoms with Crippen molar-refractivity contribution in [2.75, 3.05) is 11.9 Å². The zero-order valence-electron chi connectivity index (χ0n) is 17.2. The second-order valence-corrected chi connectivity index (χ2v) is 7.88. The zero-order valence-corrected chi connectivity index (χ0v) is 17.2. The van der Waals surface area contributed by atoms with E-state index in [1.165, 1.54) is 0 Å². The Kier molecular flexibility index (Phi) is 6.38. The highest BCUT2D eigenvalue weighted by atomic mass is 16.5. The molecule has 0 bridgehead atoms. The van der Waals surface area contributed by atoms with Crippen LogP contribution in [0.2, 0.25) is 0 Å². The van der Waals surface area contributed by atoms with Crippen molar-refractivity contribution in [2.45, 2.75) is 47.5 Å². The molecule has 1 atom stereocenters. The number of amides is 1. The quantitative estimate of drug-likeness (QED) is 0.585. The number of benzene rings is 1. The van der Waals surface area contributed by atoms with E-state index in [4.69, 9.17) is 4.74 Å². The van der Waals surface area contributed by atoms with E-state index in [0.29, 0.717) is 11.3 Å². The number of aryl methyl sites for hydroxylation is 2. The van der Waals surface area contributed by atoms with E-state index in [2.05, 4.69) is 15.5 Å². The first-order valence-electron chi connectivity index (χ1n) is 9.13. The van der Waals surface area contributed by atoms with Gasteiger partial charge in [0.25, 0.3) is 0 Å². The second-order valence-electron chi connectivity index (χ2n) is 7.88. The van der Waals surface area contributed by atoms with E-state index in [0.717, 1.165) is 17.0 Å². The van der Waals surface area contributed by atoms with Crippen LogP contribution in [0.3, 0.4) is 0 Å². The van der Waals surface area contributed by atoms with E-state index in [-0.39, 0.29) is 18.3 Å². The van der Waals surface area contributed by atoms with Crippen LogP contribution in [0.4, 0.5) is 5.69 Å². The normalized spacial score (nSPS) is 12.4. The number of ketones is 1. The number of esters is 1. The fraction of sp³-hybridized carbons (Fsp3) is 0.429. The first kappa shape index (κ1) is 21.3. The minimum atomic E-state index is -0.512. The number of Topliss-reactive ketones (excluding diaryl/α,β-unsaturated/α-hetero) is 1. The number of carbonyl (C=O) groups is 3. The third-order valence-electron chi connectivity index (χ3n) is 4.46. The van der Waals surface area contributed by atoms with Crippen LogP contribution >= 0.6 is 0 Å². The lowest BCUT2D eigenvalue weighted by molar-refractivity contribution is -0.143. The second kappa shape index (κ2) is 8.37. The Morgan fingerprint density at radius 2 is 1.75 bits per heavy atom. The van der Waals surface area contributed by atoms with Gasteiger partial charge < -0.3 is 10.1 Å². The van der Waals surface area contributed by atoms with Crippen LogP contribution in [-0.4, -0.2) is 34.5 Å². The third kappa shape index (κ3) is 5.06. The molecule has 28 heavy (non-hydrogen) atoms. The molecule has 0 radical (unpaired) electrons. The molecule has 0 aliphatic heterocycles. The highest BCUT2D eigenvalue weighted by Crippen LogP contribution is 2.23. The van der Waals surface area contributed by atoms with Crippen LogP contribution < -0.4 is 5.32 Å². The van der Waals surface area contributed by atoms with Gasteiger partial charge in [-0.2, -0.15) is 5.10 Å². The van der Waals surface area contributed by atoms with Gasteiger partial charge in [0, 0.05) is 27.9 Å². The van der Waals surface area contributed by atoms with Crippen molar-refractivity contribution in [3.05, 3.63) is 46.8 Å². The average Bonchev–Trinajstić information content (AvgIpc) is 2.97. The number of hydrogen-bond donors (Lipinski definition) is 2. The molecule has 0 aliphatic rings. The van der Waals surface area contributed by atoms with Crippen LogP contribution in [-0.2, 0) is 14.3 Å². The molecule has 0 aliphatic carbocycles. The molecule has 0 fully saturated rings. The highest BCUT2D eigenvalue weighted by molar-refractivity contribution is 5.99. The maximum Gasteiger partial charge on any atom is 0.313 e. The molecule has 0 unspecified atom stereocenters. The van der Waals surface area contributed by atoms with Crippen molar-refractivity contribution in [3.63, 3.8) is 0 Å². The van der Waals surface area contributed by atoms with Gasteiger partial charge in [-0.05, 0) is 45.0 Å². The summed E-state index contributed by atoms with van der Waals surface area (Å²) in [5.74, 6) is -1.41. The Balaban J connectivity index is 1.94. The number of aromatic nitrogens is 2. The SMILES string of the molecule is Cc1n[nH]c(C)c1[C@H](C)C(=O)OCC(=O)c1ccc(NC(=O)C(C)(C)C)cc1. The summed E-state index contributed by atoms with van der Waals surface area (Å²) in [6.07, 6.45) is 0. The Morgan fingerprint density at radius 3 is 2.25 bits per heavy atom. The van der Waals surface area contributed by atoms with Gasteiger partial charge in [0.2, 0.25) is 5.91 Å². The van der Waals surface area contributed by atoms with Crippen LogP contribution in [0.25, 0.3) is 0 Å². The number of rotatable bonds is 6. The predicted octanol–water partition coefficient (Wildman–Crippen LogP) is 3.54. The van der Waals surface area contributed by atoms with Gasteiger partial charge in [0.1, 0.15) is 0 Å². The van der Waals surface area contributed by atoms with E-state index in [1.54, 1.807) is 31.2 Å². The summed E-state index contributed by atoms with van der Waals surface area (Å²) in [4.78, 5) is 36.6. The summed E-state index contributed by atoms with van der Waals surface area (Å²) >= 11 is 0. The minimum absolute atomic E-state index is 0.112. The topological polar surface area (TPSA) is 101 Å². The molecule has 1 aromatic heterocycles. The Hall–Kier alpha value is -2.96. The Morgan fingerprint density at radius 1 is 1.14 bits per heavy atom. The summed E-state index contributed by atoms with van der Waals surface area (Å²) in [6, 6.07) is 6.50. The minimum Gasteiger partial charge on any atom is -0.457 e. The van der Waals surface area contributed by atoms with Crippen molar-refractivity contribution >= 4 is 23.3 Å². The first-order valence-corrected chi connectivity index (χ1v) is 9.13. The molecular weight excluding hydrogens is 358 g/mol. The standard InChI is InChI=1S/C21H27N3O4/c1-12(18-13(2)23-24-14(18)3)19(26)28-11-17(25)15-7-9-16(10-8-15)22-20(27)21(4,5)6/h7-10,12H,11H2,1-6H3,(H,22,27)(H,23,24)/t12-/m0/s1. The van der Waals surface area contributed by atoms with Gasteiger partial charge in [0.05, 0.1) is 11.6 Å². The molecule has 1 heterocycles. The molecule has 2 rings (SSSR count). The number of carbonyl (C=O) groups excluding carboxylic acids is 3. The number of ether oxygens (including phenoxy) is 1. The van der Waals surface area contributed by atoms with E-state index >= 15 is 0 Å². The summed E-state index contributed by atoms with van der Waals surface area (Å²) in [5, 5.41) is 9.71. The molecule has 7 heteroatoms. The first-order chi connectivity index (χ1) is 13.0. The lowest BCUT2D eigenvalue weighted by Crippen LogP contribution is -2.27. The van der Waals surface area contributed by atoms with E-state index in [9.17, 15) is 14.4 Å². The Labute approximate surface area is 164 Å². The van der Waals surface area contributed by atoms with Gasteiger partial charge in [-0.3, -0.25) is 19.5 Å². The van der Waals surface area contributed by atoms with Crippen molar-refractivity contribution in [3.8, 4) is 0 Å². The van der Waals surface area contributed by atoms with Crippen molar-refractivity contribution in [1.29, 1.82) is 0 Å². The number of anilines is 1.